The van der Waals surface area contributed by atoms with E-state index in [1.807, 2.05) is 0 Å². The Balaban J connectivity index is 2.00. The molecule has 2 heterocycles. The third kappa shape index (κ3) is 2.93. The number of nitrogens with zero attached hydrogens (tertiary/aromatic N) is 3. The number of fused-ring (bicyclic) bond motifs is 1. The molecule has 23 heavy (non-hydrogen) atoms. The molecule has 0 saturated carbocycles. The van der Waals surface area contributed by atoms with Crippen molar-refractivity contribution in [2.45, 2.75) is 18.8 Å². The Morgan fingerprint density at radius 3 is 2.30 bits per heavy atom. The number of rotatable bonds is 3. The summed E-state index contributed by atoms with van der Waals surface area (Å²) in [7, 11) is 3.06. The summed E-state index contributed by atoms with van der Waals surface area (Å²) in [6.45, 7) is 0.399. The number of alkyl halides is 2. The second-order valence-corrected chi connectivity index (χ2v) is 5.48. The first-order chi connectivity index (χ1) is 10.9. The molecule has 0 spiro atoms. The van der Waals surface area contributed by atoms with E-state index >= 15 is 0 Å². The van der Waals surface area contributed by atoms with E-state index in [4.69, 9.17) is 15.2 Å². The van der Waals surface area contributed by atoms with Crippen LogP contribution in [-0.4, -0.2) is 43.2 Å². The van der Waals surface area contributed by atoms with Gasteiger partial charge in [0.15, 0.2) is 11.5 Å². The van der Waals surface area contributed by atoms with Gasteiger partial charge in [0.25, 0.3) is 5.92 Å². The number of methoxy groups -OCH3 is 2. The van der Waals surface area contributed by atoms with Crippen molar-refractivity contribution in [3.8, 4) is 11.5 Å². The van der Waals surface area contributed by atoms with Gasteiger partial charge >= 0.3 is 0 Å². The van der Waals surface area contributed by atoms with Crippen molar-refractivity contribution in [1.82, 2.24) is 9.97 Å². The molecule has 1 fully saturated rings. The maximum Gasteiger partial charge on any atom is 0.251 e. The molecule has 1 saturated heterocycles. The van der Waals surface area contributed by atoms with Gasteiger partial charge in [0.05, 0.1) is 19.7 Å². The highest BCUT2D eigenvalue weighted by molar-refractivity contribution is 5.91. The summed E-state index contributed by atoms with van der Waals surface area (Å²) < 4.78 is 37.1. The van der Waals surface area contributed by atoms with Crippen LogP contribution in [0.15, 0.2) is 12.1 Å². The fraction of sp³-hybridized carbons (Fsp3) is 0.467. The van der Waals surface area contributed by atoms with Crippen molar-refractivity contribution in [1.29, 1.82) is 0 Å². The van der Waals surface area contributed by atoms with E-state index in [1.165, 1.54) is 14.2 Å². The number of nitrogens with two attached hydrogens (primary N) is 1. The number of aromatic nitrogens is 2. The molecule has 6 nitrogen and oxygen atoms in total. The third-order valence-corrected chi connectivity index (χ3v) is 4.00. The van der Waals surface area contributed by atoms with Gasteiger partial charge in [0.2, 0.25) is 5.95 Å². The van der Waals surface area contributed by atoms with E-state index in [2.05, 4.69) is 9.97 Å². The van der Waals surface area contributed by atoms with Crippen molar-refractivity contribution in [2.75, 3.05) is 37.9 Å². The number of piperidine rings is 1. The molecule has 124 valence electrons. The van der Waals surface area contributed by atoms with Gasteiger partial charge < -0.3 is 20.1 Å². The fourth-order valence-corrected chi connectivity index (χ4v) is 2.64. The molecule has 0 amide bonds. The molecule has 0 aliphatic carbocycles. The van der Waals surface area contributed by atoms with Crippen LogP contribution in [0.5, 0.6) is 11.5 Å². The van der Waals surface area contributed by atoms with Crippen LogP contribution in [0.2, 0.25) is 0 Å². The molecule has 8 heteroatoms. The Morgan fingerprint density at radius 2 is 1.70 bits per heavy atom. The average Bonchev–Trinajstić information content (AvgIpc) is 2.53. The van der Waals surface area contributed by atoms with Crippen molar-refractivity contribution in [3.05, 3.63) is 12.1 Å². The molecule has 0 unspecified atom stereocenters. The van der Waals surface area contributed by atoms with E-state index in [-0.39, 0.29) is 31.7 Å². The molecule has 2 aromatic rings. The van der Waals surface area contributed by atoms with E-state index in [9.17, 15) is 8.78 Å². The summed E-state index contributed by atoms with van der Waals surface area (Å²) >= 11 is 0. The summed E-state index contributed by atoms with van der Waals surface area (Å²) in [6.07, 6.45) is -0.416. The average molecular weight is 324 g/mol. The van der Waals surface area contributed by atoms with Gasteiger partial charge in [-0.15, -0.1) is 0 Å². The van der Waals surface area contributed by atoms with Crippen molar-refractivity contribution < 1.29 is 18.3 Å². The van der Waals surface area contributed by atoms with Crippen LogP contribution in [0.3, 0.4) is 0 Å². The normalized spacial score (nSPS) is 17.3. The van der Waals surface area contributed by atoms with Crippen LogP contribution in [0, 0.1) is 0 Å². The molecule has 3 rings (SSSR count). The lowest BCUT2D eigenvalue weighted by Crippen LogP contribution is -2.40. The van der Waals surface area contributed by atoms with Gasteiger partial charge in [-0.2, -0.15) is 4.98 Å². The standard InChI is InChI=1S/C15H18F2N4O2/c1-22-11-7-9-10(8-12(11)23-2)19-14(20-13(9)18)21-5-3-15(16,17)4-6-21/h7-8H,3-6H2,1-2H3,(H2,18,19,20). The van der Waals surface area contributed by atoms with Crippen LogP contribution in [0.1, 0.15) is 12.8 Å². The van der Waals surface area contributed by atoms with Gasteiger partial charge in [0.1, 0.15) is 5.82 Å². The first-order valence-corrected chi connectivity index (χ1v) is 7.25. The quantitative estimate of drug-likeness (QED) is 0.935. The Hall–Kier alpha value is -2.38. The maximum atomic E-state index is 13.3. The highest BCUT2D eigenvalue weighted by Crippen LogP contribution is 2.35. The zero-order valence-corrected chi connectivity index (χ0v) is 13.0. The molecular weight excluding hydrogens is 306 g/mol. The third-order valence-electron chi connectivity index (χ3n) is 4.00. The summed E-state index contributed by atoms with van der Waals surface area (Å²) in [5.41, 5.74) is 6.60. The minimum atomic E-state index is -2.62. The predicted molar refractivity (Wildman–Crippen MR) is 83.4 cm³/mol. The van der Waals surface area contributed by atoms with Crippen molar-refractivity contribution >= 4 is 22.7 Å². The van der Waals surface area contributed by atoms with Crippen molar-refractivity contribution in [3.63, 3.8) is 0 Å². The van der Waals surface area contributed by atoms with E-state index in [1.54, 1.807) is 17.0 Å². The van der Waals surface area contributed by atoms with Gasteiger partial charge in [-0.1, -0.05) is 0 Å². The molecule has 2 N–H and O–H groups in total. The Labute approximate surface area is 132 Å². The predicted octanol–water partition coefficient (Wildman–Crippen LogP) is 2.46. The number of benzene rings is 1. The smallest absolute Gasteiger partial charge is 0.251 e. The second-order valence-electron chi connectivity index (χ2n) is 5.48. The molecule has 1 aliphatic heterocycles. The van der Waals surface area contributed by atoms with E-state index in [0.29, 0.717) is 28.4 Å². The first kappa shape index (κ1) is 15.5. The lowest BCUT2D eigenvalue weighted by atomic mass is 10.1. The summed E-state index contributed by atoms with van der Waals surface area (Å²) in [4.78, 5) is 10.4. The molecule has 1 aromatic carbocycles. The highest BCUT2D eigenvalue weighted by Gasteiger charge is 2.35. The zero-order valence-electron chi connectivity index (χ0n) is 13.0. The zero-order chi connectivity index (χ0) is 16.6. The monoisotopic (exact) mass is 324 g/mol. The van der Waals surface area contributed by atoms with Crippen LogP contribution < -0.4 is 20.1 Å². The Bertz CT molecular complexity index is 729. The van der Waals surface area contributed by atoms with E-state index < -0.39 is 5.92 Å². The van der Waals surface area contributed by atoms with Crippen LogP contribution in [-0.2, 0) is 0 Å². The summed E-state index contributed by atoms with van der Waals surface area (Å²) in [5.74, 6) is -0.925. The highest BCUT2D eigenvalue weighted by atomic mass is 19.3. The molecular formula is C15H18F2N4O2. The van der Waals surface area contributed by atoms with Crippen LogP contribution in [0.25, 0.3) is 10.9 Å². The summed E-state index contributed by atoms with van der Waals surface area (Å²) in [5, 5.41) is 0.633. The lowest BCUT2D eigenvalue weighted by molar-refractivity contribution is -0.0222. The SMILES string of the molecule is COc1cc2nc(N3CCC(F)(F)CC3)nc(N)c2cc1OC. The number of hydrogen-bond donors (Lipinski definition) is 1. The number of nitrogen functional groups attached to an aromatic ring is 1. The number of ether oxygens (including phenoxy) is 2. The van der Waals surface area contributed by atoms with Gasteiger partial charge in [-0.05, 0) is 6.07 Å². The van der Waals surface area contributed by atoms with Crippen molar-refractivity contribution in [2.24, 2.45) is 0 Å². The minimum absolute atomic E-state index is 0.200. The maximum absolute atomic E-state index is 13.3. The van der Waals surface area contributed by atoms with Crippen LogP contribution >= 0.6 is 0 Å². The molecule has 0 radical (unpaired) electrons. The molecule has 1 aromatic heterocycles. The number of hydrogen-bond acceptors (Lipinski definition) is 6. The van der Waals surface area contributed by atoms with Gasteiger partial charge in [-0.3, -0.25) is 0 Å². The Kier molecular flexibility index (Phi) is 3.83. The van der Waals surface area contributed by atoms with E-state index in [0.717, 1.165) is 0 Å². The number of anilines is 2. The molecule has 0 atom stereocenters. The second kappa shape index (κ2) is 5.68. The first-order valence-electron chi connectivity index (χ1n) is 7.25. The fourth-order valence-electron chi connectivity index (χ4n) is 2.64. The topological polar surface area (TPSA) is 73.5 Å². The lowest BCUT2D eigenvalue weighted by Gasteiger charge is -2.31. The summed E-state index contributed by atoms with van der Waals surface area (Å²) in [6, 6.07) is 3.41. The Morgan fingerprint density at radius 1 is 1.09 bits per heavy atom. The van der Waals surface area contributed by atoms with Gasteiger partial charge in [0, 0.05) is 37.4 Å². The number of halogens is 2. The molecule has 0 bridgehead atoms. The largest absolute Gasteiger partial charge is 0.493 e. The van der Waals surface area contributed by atoms with Gasteiger partial charge in [-0.25, -0.2) is 13.8 Å². The molecule has 1 aliphatic rings. The van der Waals surface area contributed by atoms with Crippen LogP contribution in [0.4, 0.5) is 20.5 Å². The minimum Gasteiger partial charge on any atom is -0.493 e.